The van der Waals surface area contributed by atoms with Crippen LogP contribution in [-0.4, -0.2) is 35.7 Å². The molecule has 1 aromatic rings. The van der Waals surface area contributed by atoms with Crippen LogP contribution in [0.25, 0.3) is 0 Å². The number of carbonyl (C=O) groups is 2. The summed E-state index contributed by atoms with van der Waals surface area (Å²) in [6.45, 7) is 2.56. The molecule has 24 heavy (non-hydrogen) atoms. The molecule has 2 aliphatic carbocycles. The Balaban J connectivity index is 1.69. The van der Waals surface area contributed by atoms with Crippen LogP contribution in [0, 0.1) is 11.8 Å². The lowest BCUT2D eigenvalue weighted by molar-refractivity contribution is -0.146. The number of nitrogens with zero attached hydrogens (tertiary/aromatic N) is 1. The normalized spacial score (nSPS) is 34.5. The van der Waals surface area contributed by atoms with Gasteiger partial charge in [0.15, 0.2) is 0 Å². The molecular formula is C19H23NO4. The lowest BCUT2D eigenvalue weighted by Crippen LogP contribution is -2.44. The maximum absolute atomic E-state index is 12.6. The van der Waals surface area contributed by atoms with Crippen molar-refractivity contribution in [1.82, 2.24) is 4.90 Å². The molecule has 1 aromatic carbocycles. The molecular weight excluding hydrogens is 306 g/mol. The van der Waals surface area contributed by atoms with Crippen LogP contribution in [0.15, 0.2) is 30.3 Å². The molecule has 5 nitrogen and oxygen atoms in total. The van der Waals surface area contributed by atoms with Crippen LogP contribution in [0.5, 0.6) is 0 Å². The molecule has 0 unspecified atom stereocenters. The molecule has 3 fully saturated rings. The minimum absolute atomic E-state index is 0.112. The van der Waals surface area contributed by atoms with E-state index in [4.69, 9.17) is 9.47 Å². The van der Waals surface area contributed by atoms with E-state index in [1.165, 1.54) is 0 Å². The molecule has 128 valence electrons. The lowest BCUT2D eigenvalue weighted by atomic mass is 9.92. The van der Waals surface area contributed by atoms with Crippen LogP contribution in [0.4, 0.5) is 4.79 Å². The molecule has 0 aromatic heterocycles. The number of ether oxygens (including phenoxy) is 2. The second-order valence-corrected chi connectivity index (χ2v) is 6.95. The van der Waals surface area contributed by atoms with Gasteiger partial charge in [0.25, 0.3) is 0 Å². The van der Waals surface area contributed by atoms with E-state index in [9.17, 15) is 9.59 Å². The first-order valence-corrected chi connectivity index (χ1v) is 8.88. The van der Waals surface area contributed by atoms with E-state index in [-0.39, 0.29) is 29.9 Å². The number of rotatable bonds is 4. The largest absolute Gasteiger partial charge is 0.466 e. The SMILES string of the molecule is CCOC(=O)[C@H]1[C@H]2CCCC[C@@]21N1C(=O)OC[C@H]1c1ccccc1. The standard InChI is InChI=1S/C19H23NO4/c1-2-23-17(21)16-14-10-6-7-11-19(14,16)20-15(12-24-18(20)22)13-8-4-3-5-9-13/h3-5,8-9,14-16H,2,6-7,10-12H2,1H3/t14-,15+,16-,19-/m1/s1. The van der Waals surface area contributed by atoms with Crippen molar-refractivity contribution in [1.29, 1.82) is 0 Å². The summed E-state index contributed by atoms with van der Waals surface area (Å²) in [5, 5.41) is 0. The minimum Gasteiger partial charge on any atom is -0.466 e. The van der Waals surface area contributed by atoms with Gasteiger partial charge in [-0.3, -0.25) is 9.69 Å². The van der Waals surface area contributed by atoms with E-state index in [0.717, 1.165) is 31.2 Å². The Morgan fingerprint density at radius 1 is 1.33 bits per heavy atom. The van der Waals surface area contributed by atoms with Gasteiger partial charge in [-0.2, -0.15) is 0 Å². The Hall–Kier alpha value is -2.04. The minimum atomic E-state index is -0.404. The molecule has 0 radical (unpaired) electrons. The summed E-state index contributed by atoms with van der Waals surface area (Å²) in [5.41, 5.74) is 0.662. The van der Waals surface area contributed by atoms with Crippen LogP contribution < -0.4 is 0 Å². The van der Waals surface area contributed by atoms with Gasteiger partial charge in [-0.05, 0) is 31.2 Å². The van der Waals surface area contributed by atoms with Gasteiger partial charge < -0.3 is 9.47 Å². The van der Waals surface area contributed by atoms with Gasteiger partial charge in [-0.15, -0.1) is 0 Å². The van der Waals surface area contributed by atoms with Crippen molar-refractivity contribution in [3.05, 3.63) is 35.9 Å². The van der Waals surface area contributed by atoms with E-state index < -0.39 is 5.54 Å². The maximum Gasteiger partial charge on any atom is 0.410 e. The van der Waals surface area contributed by atoms with E-state index in [1.54, 1.807) is 0 Å². The highest BCUT2D eigenvalue weighted by atomic mass is 16.6. The van der Waals surface area contributed by atoms with Crippen molar-refractivity contribution in [3.8, 4) is 0 Å². The fraction of sp³-hybridized carbons (Fsp3) is 0.579. The number of amides is 1. The van der Waals surface area contributed by atoms with Gasteiger partial charge in [-0.25, -0.2) is 4.79 Å². The quantitative estimate of drug-likeness (QED) is 0.795. The Kier molecular flexibility index (Phi) is 3.74. The molecule has 1 aliphatic heterocycles. The highest BCUT2D eigenvalue weighted by molar-refractivity contribution is 5.83. The molecule has 0 bridgehead atoms. The number of hydrogen-bond donors (Lipinski definition) is 0. The first kappa shape index (κ1) is 15.5. The van der Waals surface area contributed by atoms with Crippen LogP contribution in [-0.2, 0) is 14.3 Å². The topological polar surface area (TPSA) is 55.8 Å². The second-order valence-electron chi connectivity index (χ2n) is 6.95. The first-order chi connectivity index (χ1) is 11.7. The summed E-state index contributed by atoms with van der Waals surface area (Å²) in [4.78, 5) is 26.9. The van der Waals surface area contributed by atoms with Crippen LogP contribution in [0.3, 0.4) is 0 Å². The smallest absolute Gasteiger partial charge is 0.410 e. The zero-order valence-corrected chi connectivity index (χ0v) is 13.9. The van der Waals surface area contributed by atoms with E-state index in [0.29, 0.717) is 13.2 Å². The zero-order chi connectivity index (χ0) is 16.7. The maximum atomic E-state index is 12.6. The monoisotopic (exact) mass is 329 g/mol. The highest BCUT2D eigenvalue weighted by Gasteiger charge is 2.74. The van der Waals surface area contributed by atoms with Crippen molar-refractivity contribution >= 4 is 12.1 Å². The Morgan fingerprint density at radius 3 is 2.88 bits per heavy atom. The van der Waals surface area contributed by atoms with Gasteiger partial charge in [-0.1, -0.05) is 43.2 Å². The van der Waals surface area contributed by atoms with E-state index >= 15 is 0 Å². The van der Waals surface area contributed by atoms with E-state index in [1.807, 2.05) is 42.2 Å². The molecule has 0 N–H and O–H groups in total. The lowest BCUT2D eigenvalue weighted by Gasteiger charge is -2.34. The fourth-order valence-electron chi connectivity index (χ4n) is 4.88. The molecule has 1 saturated heterocycles. The molecule has 3 aliphatic rings. The first-order valence-electron chi connectivity index (χ1n) is 8.88. The van der Waals surface area contributed by atoms with Gasteiger partial charge >= 0.3 is 12.1 Å². The third kappa shape index (κ3) is 2.14. The molecule has 4 rings (SSSR count). The number of carbonyl (C=O) groups excluding carboxylic acids is 2. The van der Waals surface area contributed by atoms with Crippen LogP contribution in [0.2, 0.25) is 0 Å². The third-order valence-electron chi connectivity index (χ3n) is 5.86. The molecule has 1 amide bonds. The van der Waals surface area contributed by atoms with Gasteiger partial charge in [0.2, 0.25) is 0 Å². The van der Waals surface area contributed by atoms with Crippen molar-refractivity contribution in [2.24, 2.45) is 11.8 Å². The number of benzene rings is 1. The summed E-state index contributed by atoms with van der Waals surface area (Å²) in [6.07, 6.45) is 3.70. The molecule has 1 heterocycles. The fourth-order valence-corrected chi connectivity index (χ4v) is 4.88. The number of cyclic esters (lactones) is 1. The van der Waals surface area contributed by atoms with Crippen molar-refractivity contribution in [2.45, 2.75) is 44.2 Å². The average molecular weight is 329 g/mol. The van der Waals surface area contributed by atoms with Gasteiger partial charge in [0.05, 0.1) is 24.1 Å². The molecule has 4 atom stereocenters. The van der Waals surface area contributed by atoms with Gasteiger partial charge in [0, 0.05) is 0 Å². The second kappa shape index (κ2) is 5.80. The highest BCUT2D eigenvalue weighted by Crippen LogP contribution is 2.65. The van der Waals surface area contributed by atoms with Crippen molar-refractivity contribution in [3.63, 3.8) is 0 Å². The van der Waals surface area contributed by atoms with Crippen LogP contribution >= 0.6 is 0 Å². The predicted octanol–water partition coefficient (Wildman–Crippen LogP) is 3.30. The summed E-state index contributed by atoms with van der Waals surface area (Å²) in [7, 11) is 0. The third-order valence-corrected chi connectivity index (χ3v) is 5.86. The Labute approximate surface area is 141 Å². The molecule has 2 saturated carbocycles. The van der Waals surface area contributed by atoms with Gasteiger partial charge in [0.1, 0.15) is 6.61 Å². The average Bonchev–Trinajstić information content (AvgIpc) is 3.13. The zero-order valence-electron chi connectivity index (χ0n) is 13.9. The summed E-state index contributed by atoms with van der Waals surface area (Å²) < 4.78 is 10.7. The van der Waals surface area contributed by atoms with Crippen molar-refractivity contribution < 1.29 is 19.1 Å². The Morgan fingerprint density at radius 2 is 2.12 bits per heavy atom. The summed E-state index contributed by atoms with van der Waals surface area (Å²) in [6, 6.07) is 9.85. The van der Waals surface area contributed by atoms with Crippen molar-refractivity contribution in [2.75, 3.05) is 13.2 Å². The summed E-state index contributed by atoms with van der Waals surface area (Å²) >= 11 is 0. The van der Waals surface area contributed by atoms with E-state index in [2.05, 4.69) is 0 Å². The van der Waals surface area contributed by atoms with Crippen LogP contribution in [0.1, 0.15) is 44.2 Å². The predicted molar refractivity (Wildman–Crippen MR) is 87.2 cm³/mol. The summed E-state index contributed by atoms with van der Waals surface area (Å²) in [5.74, 6) is -0.144. The Bertz CT molecular complexity index is 646. The molecule has 5 heteroatoms. The number of esters is 1. The molecule has 0 spiro atoms. The number of fused-ring (bicyclic) bond motifs is 1. The number of hydrogen-bond acceptors (Lipinski definition) is 4.